The lowest BCUT2D eigenvalue weighted by Crippen LogP contribution is -2.68. The molecule has 1 aliphatic heterocycles. The number of rotatable bonds is 12. The van der Waals surface area contributed by atoms with Crippen molar-refractivity contribution in [3.05, 3.63) is 72.8 Å². The molecule has 0 saturated carbocycles. The van der Waals surface area contributed by atoms with E-state index in [2.05, 4.69) is 121 Å². The molecule has 0 N–H and O–H groups in total. The lowest BCUT2D eigenvalue weighted by Gasteiger charge is -2.48. The Morgan fingerprint density at radius 1 is 0.892 bits per heavy atom. The summed E-state index contributed by atoms with van der Waals surface area (Å²) in [5.74, 6) is 0. The highest BCUT2D eigenvalue weighted by molar-refractivity contribution is 6.99. The van der Waals surface area contributed by atoms with Gasteiger partial charge >= 0.3 is 0 Å². The zero-order valence-corrected chi connectivity index (χ0v) is 25.3. The van der Waals surface area contributed by atoms with Gasteiger partial charge in [0.25, 0.3) is 8.32 Å². The van der Waals surface area contributed by atoms with Crippen molar-refractivity contribution in [1.82, 2.24) is 0 Å². The fourth-order valence-electron chi connectivity index (χ4n) is 5.64. The van der Waals surface area contributed by atoms with Gasteiger partial charge < -0.3 is 13.9 Å². The average Bonchev–Trinajstić information content (AvgIpc) is 2.89. The van der Waals surface area contributed by atoms with E-state index in [9.17, 15) is 0 Å². The van der Waals surface area contributed by atoms with Crippen LogP contribution in [0.3, 0.4) is 0 Å². The molecule has 0 radical (unpaired) electrons. The normalized spacial score (nSPS) is 19.2. The largest absolute Gasteiger partial charge is 0.401 e. The number of benzene rings is 2. The third-order valence-electron chi connectivity index (χ3n) is 7.75. The summed E-state index contributed by atoms with van der Waals surface area (Å²) in [6.45, 7) is 17.0. The summed E-state index contributed by atoms with van der Waals surface area (Å²) in [5, 5.41) is 2.57. The second-order valence-electron chi connectivity index (χ2n) is 12.2. The van der Waals surface area contributed by atoms with E-state index in [1.54, 1.807) is 0 Å². The van der Waals surface area contributed by atoms with E-state index in [-0.39, 0.29) is 29.0 Å². The molecule has 0 spiro atoms. The maximum Gasteiger partial charge on any atom is 0.261 e. The van der Waals surface area contributed by atoms with Crippen LogP contribution in [0.2, 0.25) is 5.04 Å². The fraction of sp³-hybridized carbons (Fsp3) is 0.576. The minimum Gasteiger partial charge on any atom is -0.401 e. The zero-order chi connectivity index (χ0) is 26.9. The van der Waals surface area contributed by atoms with Crippen LogP contribution in [0.25, 0.3) is 0 Å². The predicted molar refractivity (Wildman–Crippen MR) is 159 cm³/mol. The van der Waals surface area contributed by atoms with Crippen LogP contribution < -0.4 is 10.4 Å². The van der Waals surface area contributed by atoms with Crippen molar-refractivity contribution >= 4 is 18.7 Å². The second-order valence-corrected chi connectivity index (χ2v) is 16.5. The van der Waals surface area contributed by atoms with Crippen LogP contribution in [0.5, 0.6) is 0 Å². The fourth-order valence-corrected chi connectivity index (χ4v) is 10.4. The Hall–Kier alpha value is -1.72. The van der Waals surface area contributed by atoms with Gasteiger partial charge in [0.15, 0.2) is 6.29 Å². The highest BCUT2D eigenvalue weighted by atomic mass is 28.4. The molecule has 0 amide bonds. The Morgan fingerprint density at radius 2 is 1.49 bits per heavy atom. The van der Waals surface area contributed by atoms with E-state index in [1.807, 2.05) is 0 Å². The van der Waals surface area contributed by atoms with Gasteiger partial charge in [0.05, 0.1) is 12.2 Å². The Morgan fingerprint density at radius 3 is 1.95 bits per heavy atom. The van der Waals surface area contributed by atoms with Crippen LogP contribution in [0.1, 0.15) is 87.0 Å². The summed E-state index contributed by atoms with van der Waals surface area (Å²) in [4.78, 5) is 0. The summed E-state index contributed by atoms with van der Waals surface area (Å²) >= 11 is 0. The van der Waals surface area contributed by atoms with Gasteiger partial charge in [0.1, 0.15) is 0 Å². The third kappa shape index (κ3) is 7.44. The molecule has 0 bridgehead atoms. The first-order chi connectivity index (χ1) is 17.6. The second kappa shape index (κ2) is 13.4. The summed E-state index contributed by atoms with van der Waals surface area (Å²) in [6, 6.07) is 21.9. The summed E-state index contributed by atoms with van der Waals surface area (Å²) in [5.41, 5.74) is -0.0298. The van der Waals surface area contributed by atoms with Gasteiger partial charge in [-0.1, -0.05) is 128 Å². The van der Waals surface area contributed by atoms with E-state index in [0.29, 0.717) is 0 Å². The molecule has 1 saturated heterocycles. The minimum atomic E-state index is -2.69. The van der Waals surface area contributed by atoms with Gasteiger partial charge in [-0.2, -0.15) is 0 Å². The lowest BCUT2D eigenvalue weighted by atomic mass is 9.82. The van der Waals surface area contributed by atoms with Crippen LogP contribution in [0.4, 0.5) is 0 Å². The standard InChI is InChI=1S/C33H50O3Si/c1-8-25-33(6,7)30(24-23-27(9-2)35-31-22-16-17-26-34-31)36-37(32(3,4)5,28-18-12-10-13-19-28)29-20-14-11-15-21-29/h10-15,18-21,23-24,27,30-31H,8-9,16-17,22,25-26H2,1-7H3/t27-,30?,31?/m0/s1. The van der Waals surface area contributed by atoms with Crippen molar-refractivity contribution in [2.24, 2.45) is 5.41 Å². The van der Waals surface area contributed by atoms with E-state index in [4.69, 9.17) is 13.9 Å². The SMILES string of the molecule is CCCC(C)(C)C(C=C[C@H](CC)OC1CCCCO1)O[Si](c1ccccc1)(c1ccccc1)C(C)(C)C. The smallest absolute Gasteiger partial charge is 0.261 e. The van der Waals surface area contributed by atoms with E-state index >= 15 is 0 Å². The van der Waals surface area contributed by atoms with Crippen molar-refractivity contribution in [3.63, 3.8) is 0 Å². The van der Waals surface area contributed by atoms with Gasteiger partial charge in [0, 0.05) is 6.61 Å². The maximum absolute atomic E-state index is 7.64. The van der Waals surface area contributed by atoms with Gasteiger partial charge in [-0.25, -0.2) is 0 Å². The van der Waals surface area contributed by atoms with Gasteiger partial charge in [-0.15, -0.1) is 0 Å². The van der Waals surface area contributed by atoms with Crippen LogP contribution in [-0.2, 0) is 13.9 Å². The van der Waals surface area contributed by atoms with Crippen molar-refractivity contribution in [2.75, 3.05) is 6.61 Å². The topological polar surface area (TPSA) is 27.7 Å². The summed E-state index contributed by atoms with van der Waals surface area (Å²) in [6.07, 6.45) is 10.8. The lowest BCUT2D eigenvalue weighted by molar-refractivity contribution is -0.178. The van der Waals surface area contributed by atoms with E-state index in [1.165, 1.54) is 16.8 Å². The molecule has 2 aromatic carbocycles. The average molecular weight is 523 g/mol. The van der Waals surface area contributed by atoms with Gasteiger partial charge in [0.2, 0.25) is 0 Å². The molecule has 3 atom stereocenters. The molecule has 3 nitrogen and oxygen atoms in total. The molecule has 1 fully saturated rings. The molecular formula is C33H50O3Si. The van der Waals surface area contributed by atoms with E-state index < -0.39 is 8.32 Å². The van der Waals surface area contributed by atoms with E-state index in [0.717, 1.165) is 38.7 Å². The summed E-state index contributed by atoms with van der Waals surface area (Å²) in [7, 11) is -2.69. The Balaban J connectivity index is 2.06. The monoisotopic (exact) mass is 522 g/mol. The molecule has 204 valence electrons. The molecule has 0 aromatic heterocycles. The van der Waals surface area contributed by atoms with Crippen LogP contribution >= 0.6 is 0 Å². The van der Waals surface area contributed by atoms with Crippen LogP contribution in [0.15, 0.2) is 72.8 Å². The molecule has 3 rings (SSSR count). The predicted octanol–water partition coefficient (Wildman–Crippen LogP) is 7.64. The van der Waals surface area contributed by atoms with Crippen LogP contribution in [-0.4, -0.2) is 33.4 Å². The third-order valence-corrected chi connectivity index (χ3v) is 12.8. The quantitative estimate of drug-likeness (QED) is 0.212. The minimum absolute atomic E-state index is 0.0192. The molecule has 2 aromatic rings. The van der Waals surface area contributed by atoms with Crippen molar-refractivity contribution < 1.29 is 13.9 Å². The molecule has 4 heteroatoms. The Bertz CT molecular complexity index is 903. The molecule has 0 aliphatic carbocycles. The van der Waals surface area contributed by atoms with Crippen molar-refractivity contribution in [2.45, 2.75) is 111 Å². The molecule has 1 aliphatic rings. The Kier molecular flexibility index (Phi) is 10.8. The first-order valence-electron chi connectivity index (χ1n) is 14.4. The number of hydrogen-bond donors (Lipinski definition) is 0. The Labute approximate surface area is 227 Å². The molecule has 37 heavy (non-hydrogen) atoms. The molecule has 1 heterocycles. The highest BCUT2D eigenvalue weighted by Crippen LogP contribution is 2.41. The van der Waals surface area contributed by atoms with Crippen molar-refractivity contribution in [1.29, 1.82) is 0 Å². The van der Waals surface area contributed by atoms with Gasteiger partial charge in [-0.05, 0) is 52.9 Å². The highest BCUT2D eigenvalue weighted by Gasteiger charge is 2.52. The molecule has 2 unspecified atom stereocenters. The zero-order valence-electron chi connectivity index (χ0n) is 24.3. The van der Waals surface area contributed by atoms with Crippen LogP contribution in [0, 0.1) is 5.41 Å². The first-order valence-corrected chi connectivity index (χ1v) is 16.3. The summed E-state index contributed by atoms with van der Waals surface area (Å²) < 4.78 is 19.9. The first kappa shape index (κ1) is 29.8. The molecular weight excluding hydrogens is 472 g/mol. The number of ether oxygens (including phenoxy) is 2. The van der Waals surface area contributed by atoms with Gasteiger partial charge in [-0.3, -0.25) is 0 Å². The maximum atomic E-state index is 7.64. The number of hydrogen-bond acceptors (Lipinski definition) is 3. The van der Waals surface area contributed by atoms with Crippen molar-refractivity contribution in [3.8, 4) is 0 Å².